The minimum Gasteiger partial charge on any atom is -0.358 e. The Bertz CT molecular complexity index is 577. The summed E-state index contributed by atoms with van der Waals surface area (Å²) in [6.07, 6.45) is 0. The van der Waals surface area contributed by atoms with Gasteiger partial charge in [-0.05, 0) is 6.07 Å². The van der Waals surface area contributed by atoms with Gasteiger partial charge in [0.15, 0.2) is 11.6 Å². The summed E-state index contributed by atoms with van der Waals surface area (Å²) in [5.41, 5.74) is -1.49. The Morgan fingerprint density at radius 1 is 1.35 bits per heavy atom. The molecule has 0 bridgehead atoms. The van der Waals surface area contributed by atoms with Gasteiger partial charge < -0.3 is 10.2 Å². The van der Waals surface area contributed by atoms with Gasteiger partial charge in [-0.3, -0.25) is 19.7 Å². The van der Waals surface area contributed by atoms with Crippen molar-refractivity contribution in [1.29, 1.82) is 0 Å². The number of carbonyl (C=O) groups excluding carboxylic acids is 2. The van der Waals surface area contributed by atoms with E-state index in [1.165, 1.54) is 14.1 Å². The average molecular weight is 287 g/mol. The lowest BCUT2D eigenvalue weighted by atomic mass is 10.1. The maximum atomic E-state index is 13.1. The van der Waals surface area contributed by atoms with Crippen LogP contribution in [0.5, 0.6) is 0 Å². The molecule has 0 aromatic heterocycles. The minimum atomic E-state index is -1.43. The van der Waals surface area contributed by atoms with Crippen LogP contribution >= 0.6 is 0 Å². The molecule has 2 amide bonds. The van der Waals surface area contributed by atoms with E-state index in [4.69, 9.17) is 0 Å². The molecule has 1 aromatic rings. The van der Waals surface area contributed by atoms with E-state index in [1.54, 1.807) is 0 Å². The highest BCUT2D eigenvalue weighted by atomic mass is 19.2. The van der Waals surface area contributed by atoms with E-state index < -0.39 is 39.6 Å². The van der Waals surface area contributed by atoms with Gasteiger partial charge in [0.05, 0.1) is 17.5 Å². The molecule has 9 heteroatoms. The van der Waals surface area contributed by atoms with Crippen molar-refractivity contribution in [3.05, 3.63) is 39.4 Å². The number of amides is 2. The third kappa shape index (κ3) is 3.25. The zero-order valence-corrected chi connectivity index (χ0v) is 10.6. The van der Waals surface area contributed by atoms with E-state index in [2.05, 4.69) is 5.32 Å². The summed E-state index contributed by atoms with van der Waals surface area (Å²) in [5.74, 6) is -4.28. The van der Waals surface area contributed by atoms with Gasteiger partial charge in [0.25, 0.3) is 11.6 Å². The lowest BCUT2D eigenvalue weighted by Gasteiger charge is -2.16. The summed E-state index contributed by atoms with van der Waals surface area (Å²) in [6, 6.07) is 0.770. The fourth-order valence-electron chi connectivity index (χ4n) is 1.43. The molecule has 0 aliphatic heterocycles. The van der Waals surface area contributed by atoms with Gasteiger partial charge in [-0.2, -0.15) is 0 Å². The van der Waals surface area contributed by atoms with Crippen LogP contribution in [-0.4, -0.2) is 42.3 Å². The monoisotopic (exact) mass is 287 g/mol. The van der Waals surface area contributed by atoms with Gasteiger partial charge in [-0.25, -0.2) is 8.78 Å². The van der Waals surface area contributed by atoms with Crippen molar-refractivity contribution >= 4 is 17.5 Å². The van der Waals surface area contributed by atoms with Crippen molar-refractivity contribution in [2.75, 3.05) is 20.6 Å². The Kier molecular flexibility index (Phi) is 4.68. The number of nitrogens with one attached hydrogen (secondary N) is 1. The Balaban J connectivity index is 3.18. The first-order chi connectivity index (χ1) is 9.27. The van der Waals surface area contributed by atoms with Gasteiger partial charge in [0.1, 0.15) is 5.56 Å². The SMILES string of the molecule is CNC(=O)CN(C)C(=O)c1cc(F)c(F)cc1[N+](=O)[O-]. The van der Waals surface area contributed by atoms with E-state index in [-0.39, 0.29) is 6.54 Å². The molecule has 0 fully saturated rings. The first-order valence-electron chi connectivity index (χ1n) is 5.37. The number of carbonyl (C=O) groups is 2. The molecule has 108 valence electrons. The summed E-state index contributed by atoms with van der Waals surface area (Å²) in [4.78, 5) is 33.7. The largest absolute Gasteiger partial charge is 0.358 e. The van der Waals surface area contributed by atoms with Gasteiger partial charge in [0, 0.05) is 14.1 Å². The van der Waals surface area contributed by atoms with Crippen LogP contribution in [0.15, 0.2) is 12.1 Å². The molecule has 0 saturated heterocycles. The standard InChI is InChI=1S/C11H11F2N3O4/c1-14-10(17)5-15(2)11(18)6-3-7(12)8(13)4-9(6)16(19)20/h3-4H,5H2,1-2H3,(H,14,17). The van der Waals surface area contributed by atoms with E-state index in [0.717, 1.165) is 4.90 Å². The van der Waals surface area contributed by atoms with Crippen LogP contribution < -0.4 is 5.32 Å². The van der Waals surface area contributed by atoms with Crippen molar-refractivity contribution in [1.82, 2.24) is 10.2 Å². The number of nitro benzene ring substituents is 1. The maximum absolute atomic E-state index is 13.1. The van der Waals surface area contributed by atoms with E-state index in [1.807, 2.05) is 0 Å². The highest BCUT2D eigenvalue weighted by molar-refractivity contribution is 5.99. The first-order valence-corrected chi connectivity index (χ1v) is 5.37. The second-order valence-electron chi connectivity index (χ2n) is 3.87. The quantitative estimate of drug-likeness (QED) is 0.651. The van der Waals surface area contributed by atoms with Crippen molar-refractivity contribution < 1.29 is 23.3 Å². The number of likely N-dealkylation sites (N-methyl/N-ethyl adjacent to an activating group) is 2. The number of hydrogen-bond acceptors (Lipinski definition) is 4. The molecule has 0 radical (unpaired) electrons. The topological polar surface area (TPSA) is 92.6 Å². The molecule has 0 aliphatic carbocycles. The number of rotatable bonds is 4. The third-order valence-electron chi connectivity index (χ3n) is 2.47. The van der Waals surface area contributed by atoms with Crippen molar-refractivity contribution in [2.24, 2.45) is 0 Å². The Morgan fingerprint density at radius 2 is 1.90 bits per heavy atom. The zero-order valence-electron chi connectivity index (χ0n) is 10.6. The summed E-state index contributed by atoms with van der Waals surface area (Å²) >= 11 is 0. The lowest BCUT2D eigenvalue weighted by Crippen LogP contribution is -2.37. The number of nitrogens with zero attached hydrogens (tertiary/aromatic N) is 2. The number of nitro groups is 1. The fraction of sp³-hybridized carbons (Fsp3) is 0.273. The van der Waals surface area contributed by atoms with E-state index >= 15 is 0 Å². The molecule has 1 N–H and O–H groups in total. The fourth-order valence-corrected chi connectivity index (χ4v) is 1.43. The molecule has 0 spiro atoms. The van der Waals surface area contributed by atoms with Gasteiger partial charge in [-0.1, -0.05) is 0 Å². The molecule has 0 unspecified atom stereocenters. The molecule has 7 nitrogen and oxygen atoms in total. The maximum Gasteiger partial charge on any atom is 0.285 e. The van der Waals surface area contributed by atoms with Crippen LogP contribution in [0.1, 0.15) is 10.4 Å². The molecule has 1 aromatic carbocycles. The summed E-state index contributed by atoms with van der Waals surface area (Å²) < 4.78 is 26.1. The summed E-state index contributed by atoms with van der Waals surface area (Å²) in [6.45, 7) is -0.370. The number of halogens is 2. The molecule has 1 rings (SSSR count). The van der Waals surface area contributed by atoms with Gasteiger partial charge >= 0.3 is 0 Å². The van der Waals surface area contributed by atoms with Crippen LogP contribution in [0.2, 0.25) is 0 Å². The third-order valence-corrected chi connectivity index (χ3v) is 2.47. The van der Waals surface area contributed by atoms with Gasteiger partial charge in [0.2, 0.25) is 5.91 Å². The number of hydrogen-bond donors (Lipinski definition) is 1. The Morgan fingerprint density at radius 3 is 2.40 bits per heavy atom. The molecule has 20 heavy (non-hydrogen) atoms. The average Bonchev–Trinajstić information content (AvgIpc) is 2.39. The predicted octanol–water partition coefficient (Wildman–Crippen LogP) is 0.691. The highest BCUT2D eigenvalue weighted by Crippen LogP contribution is 2.23. The van der Waals surface area contributed by atoms with Crippen LogP contribution in [0.4, 0.5) is 14.5 Å². The first kappa shape index (κ1) is 15.5. The normalized spacial score (nSPS) is 10.0. The van der Waals surface area contributed by atoms with Gasteiger partial charge in [-0.15, -0.1) is 0 Å². The smallest absolute Gasteiger partial charge is 0.285 e. The minimum absolute atomic E-state index is 0.330. The zero-order chi connectivity index (χ0) is 15.4. The second-order valence-corrected chi connectivity index (χ2v) is 3.87. The summed E-state index contributed by atoms with van der Waals surface area (Å²) in [5, 5.41) is 13.0. The van der Waals surface area contributed by atoms with Crippen LogP contribution in [0.3, 0.4) is 0 Å². The van der Waals surface area contributed by atoms with Crippen LogP contribution in [0, 0.1) is 21.7 Å². The molecule has 0 saturated carbocycles. The molecule has 0 atom stereocenters. The van der Waals surface area contributed by atoms with Crippen molar-refractivity contribution in [2.45, 2.75) is 0 Å². The van der Waals surface area contributed by atoms with E-state index in [0.29, 0.717) is 12.1 Å². The Hall–Kier alpha value is -2.58. The van der Waals surface area contributed by atoms with Crippen LogP contribution in [0.25, 0.3) is 0 Å². The Labute approximate surface area is 112 Å². The van der Waals surface area contributed by atoms with E-state index in [9.17, 15) is 28.5 Å². The predicted molar refractivity (Wildman–Crippen MR) is 64.0 cm³/mol. The molecule has 0 aliphatic rings. The van der Waals surface area contributed by atoms with Crippen LogP contribution in [-0.2, 0) is 4.79 Å². The number of benzene rings is 1. The van der Waals surface area contributed by atoms with Crippen molar-refractivity contribution in [3.63, 3.8) is 0 Å². The highest BCUT2D eigenvalue weighted by Gasteiger charge is 2.26. The van der Waals surface area contributed by atoms with Crippen molar-refractivity contribution in [3.8, 4) is 0 Å². The molecule has 0 heterocycles. The lowest BCUT2D eigenvalue weighted by molar-refractivity contribution is -0.385. The summed E-state index contributed by atoms with van der Waals surface area (Å²) in [7, 11) is 2.56. The molecular formula is C11H11F2N3O4. The second kappa shape index (κ2) is 6.04. The molecular weight excluding hydrogens is 276 g/mol.